The zero-order chi connectivity index (χ0) is 23.8. The van der Waals surface area contributed by atoms with Crippen LogP contribution in [-0.4, -0.2) is 74.9 Å². The average molecular weight is 441 g/mol. The van der Waals surface area contributed by atoms with Crippen LogP contribution in [0.2, 0.25) is 0 Å². The zero-order valence-corrected chi connectivity index (χ0v) is 20.1. The Bertz CT molecular complexity index is 687. The SMILES string of the molecule is CC1(C)CCC(N(C(=O)C(C)(C)CO)[C@H]2C[C@@H](C(=O)O)N(C(=O)OC(C)(C)C)C2)CC1. The van der Waals surface area contributed by atoms with Gasteiger partial charge in [0.1, 0.15) is 11.6 Å². The van der Waals surface area contributed by atoms with Crippen LogP contribution in [-0.2, 0) is 14.3 Å². The van der Waals surface area contributed by atoms with E-state index in [0.29, 0.717) is 0 Å². The Morgan fingerprint density at radius 3 is 2.06 bits per heavy atom. The lowest BCUT2D eigenvalue weighted by Crippen LogP contribution is -2.55. The van der Waals surface area contributed by atoms with E-state index in [-0.39, 0.29) is 36.9 Å². The summed E-state index contributed by atoms with van der Waals surface area (Å²) in [5.41, 5.74) is -1.52. The molecule has 1 heterocycles. The van der Waals surface area contributed by atoms with Gasteiger partial charge >= 0.3 is 12.1 Å². The van der Waals surface area contributed by atoms with Crippen LogP contribution in [0.15, 0.2) is 0 Å². The van der Waals surface area contributed by atoms with Gasteiger partial charge in [0, 0.05) is 19.0 Å². The second-order valence-electron chi connectivity index (χ2n) is 11.5. The summed E-state index contributed by atoms with van der Waals surface area (Å²) in [6, 6.07) is -1.52. The van der Waals surface area contributed by atoms with Crippen molar-refractivity contribution in [3.63, 3.8) is 0 Å². The molecule has 2 amide bonds. The first-order chi connectivity index (χ1) is 14.1. The Kier molecular flexibility index (Phi) is 7.35. The number of aliphatic hydroxyl groups is 1. The number of ether oxygens (including phenoxy) is 1. The van der Waals surface area contributed by atoms with Crippen LogP contribution >= 0.6 is 0 Å². The van der Waals surface area contributed by atoms with Gasteiger partial charge in [0.05, 0.1) is 18.1 Å². The zero-order valence-electron chi connectivity index (χ0n) is 20.1. The van der Waals surface area contributed by atoms with Gasteiger partial charge in [-0.3, -0.25) is 9.69 Å². The van der Waals surface area contributed by atoms with Crippen molar-refractivity contribution in [2.75, 3.05) is 13.2 Å². The number of nitrogens with zero attached hydrogens (tertiary/aromatic N) is 2. The number of amides is 2. The van der Waals surface area contributed by atoms with Crippen LogP contribution < -0.4 is 0 Å². The molecule has 8 heteroatoms. The minimum Gasteiger partial charge on any atom is -0.480 e. The van der Waals surface area contributed by atoms with Crippen molar-refractivity contribution in [3.05, 3.63) is 0 Å². The number of rotatable bonds is 5. The third-order valence-corrected chi connectivity index (χ3v) is 6.50. The lowest BCUT2D eigenvalue weighted by atomic mass is 9.74. The van der Waals surface area contributed by atoms with Crippen molar-refractivity contribution in [2.24, 2.45) is 10.8 Å². The summed E-state index contributed by atoms with van der Waals surface area (Å²) >= 11 is 0. The van der Waals surface area contributed by atoms with Crippen LogP contribution in [0.25, 0.3) is 0 Å². The Morgan fingerprint density at radius 1 is 1.06 bits per heavy atom. The van der Waals surface area contributed by atoms with E-state index < -0.39 is 35.2 Å². The summed E-state index contributed by atoms with van der Waals surface area (Å²) in [5.74, 6) is -1.30. The van der Waals surface area contributed by atoms with Gasteiger partial charge in [0.15, 0.2) is 0 Å². The predicted molar refractivity (Wildman–Crippen MR) is 117 cm³/mol. The number of carbonyl (C=O) groups excluding carboxylic acids is 2. The number of hydrogen-bond donors (Lipinski definition) is 2. The van der Waals surface area contributed by atoms with E-state index in [0.717, 1.165) is 25.7 Å². The molecule has 1 saturated heterocycles. The van der Waals surface area contributed by atoms with Gasteiger partial charge in [-0.1, -0.05) is 13.8 Å². The molecule has 2 aliphatic rings. The van der Waals surface area contributed by atoms with E-state index >= 15 is 0 Å². The highest BCUT2D eigenvalue weighted by molar-refractivity contribution is 5.84. The van der Waals surface area contributed by atoms with E-state index in [1.807, 2.05) is 0 Å². The first-order valence-electron chi connectivity index (χ1n) is 11.2. The van der Waals surface area contributed by atoms with Crippen molar-refractivity contribution in [2.45, 2.75) is 104 Å². The highest BCUT2D eigenvalue weighted by atomic mass is 16.6. The molecular formula is C23H40N2O6. The van der Waals surface area contributed by atoms with Gasteiger partial charge in [-0.25, -0.2) is 9.59 Å². The summed E-state index contributed by atoms with van der Waals surface area (Å²) < 4.78 is 5.43. The molecule has 1 aliphatic carbocycles. The second-order valence-corrected chi connectivity index (χ2v) is 11.5. The summed E-state index contributed by atoms with van der Waals surface area (Å²) in [5, 5.41) is 19.6. The fraction of sp³-hybridized carbons (Fsp3) is 0.870. The molecule has 0 aromatic carbocycles. The molecule has 0 bridgehead atoms. The number of carboxylic acids is 1. The van der Waals surface area contributed by atoms with Crippen molar-refractivity contribution >= 4 is 18.0 Å². The fourth-order valence-corrected chi connectivity index (χ4v) is 4.48. The average Bonchev–Trinajstić information content (AvgIpc) is 3.07. The number of likely N-dealkylation sites (tertiary alicyclic amines) is 1. The largest absolute Gasteiger partial charge is 0.480 e. The quantitative estimate of drug-likeness (QED) is 0.679. The summed E-state index contributed by atoms with van der Waals surface area (Å²) in [6.07, 6.45) is 3.04. The molecule has 0 radical (unpaired) electrons. The van der Waals surface area contributed by atoms with E-state index in [9.17, 15) is 24.6 Å². The molecule has 2 fully saturated rings. The first kappa shape index (κ1) is 25.4. The van der Waals surface area contributed by atoms with Crippen molar-refractivity contribution < 1.29 is 29.3 Å². The predicted octanol–water partition coefficient (Wildman–Crippen LogP) is 3.26. The summed E-state index contributed by atoms with van der Waals surface area (Å²) in [4.78, 5) is 41.2. The Labute approximate surface area is 185 Å². The van der Waals surface area contributed by atoms with Crippen LogP contribution in [0.3, 0.4) is 0 Å². The van der Waals surface area contributed by atoms with E-state index in [4.69, 9.17) is 4.74 Å². The van der Waals surface area contributed by atoms with Gasteiger partial charge in [-0.2, -0.15) is 0 Å². The monoisotopic (exact) mass is 440 g/mol. The van der Waals surface area contributed by atoms with Crippen molar-refractivity contribution in [1.29, 1.82) is 0 Å². The minimum atomic E-state index is -1.10. The molecule has 8 nitrogen and oxygen atoms in total. The highest BCUT2D eigenvalue weighted by Crippen LogP contribution is 2.40. The maximum atomic E-state index is 13.5. The molecule has 0 aromatic rings. The number of carbonyl (C=O) groups is 3. The Balaban J connectivity index is 2.33. The molecule has 0 aromatic heterocycles. The lowest BCUT2D eigenvalue weighted by Gasteiger charge is -2.45. The third kappa shape index (κ3) is 6.11. The second kappa shape index (κ2) is 8.96. The molecule has 178 valence electrons. The molecule has 2 rings (SSSR count). The number of aliphatic carboxylic acids is 1. The van der Waals surface area contributed by atoms with Crippen LogP contribution in [0, 0.1) is 10.8 Å². The van der Waals surface area contributed by atoms with Crippen molar-refractivity contribution in [3.8, 4) is 0 Å². The highest BCUT2D eigenvalue weighted by Gasteiger charge is 2.48. The van der Waals surface area contributed by atoms with E-state index in [1.165, 1.54) is 4.90 Å². The van der Waals surface area contributed by atoms with E-state index in [2.05, 4.69) is 13.8 Å². The van der Waals surface area contributed by atoms with Crippen LogP contribution in [0.5, 0.6) is 0 Å². The van der Waals surface area contributed by atoms with Crippen molar-refractivity contribution in [1.82, 2.24) is 9.80 Å². The topological polar surface area (TPSA) is 107 Å². The molecule has 0 unspecified atom stereocenters. The molecule has 2 N–H and O–H groups in total. The maximum Gasteiger partial charge on any atom is 0.411 e. The molecule has 2 atom stereocenters. The minimum absolute atomic E-state index is 0.0376. The third-order valence-electron chi connectivity index (χ3n) is 6.50. The van der Waals surface area contributed by atoms with Gasteiger partial charge < -0.3 is 19.8 Å². The summed E-state index contributed by atoms with van der Waals surface area (Å²) in [6.45, 7) is 12.8. The first-order valence-corrected chi connectivity index (χ1v) is 11.2. The van der Waals surface area contributed by atoms with E-state index in [1.54, 1.807) is 39.5 Å². The maximum absolute atomic E-state index is 13.5. The standard InChI is InChI=1S/C23H40N2O6/c1-21(2,3)31-20(30)24-13-16(12-17(24)18(27)28)25(19(29)23(6,7)14-26)15-8-10-22(4,5)11-9-15/h15-17,26H,8-14H2,1-7H3,(H,27,28)/t16-,17-/m0/s1. The fourth-order valence-electron chi connectivity index (χ4n) is 4.48. The lowest BCUT2D eigenvalue weighted by molar-refractivity contribution is -0.149. The molecule has 0 spiro atoms. The molecule has 31 heavy (non-hydrogen) atoms. The van der Waals surface area contributed by atoms with Crippen LogP contribution in [0.1, 0.15) is 80.6 Å². The number of carboxylic acid groups (broad SMARTS) is 1. The van der Waals surface area contributed by atoms with Gasteiger partial charge in [0.2, 0.25) is 5.91 Å². The van der Waals surface area contributed by atoms with Gasteiger partial charge in [-0.15, -0.1) is 0 Å². The van der Waals surface area contributed by atoms with Gasteiger partial charge in [0.25, 0.3) is 0 Å². The van der Waals surface area contributed by atoms with Gasteiger partial charge in [-0.05, 0) is 65.7 Å². The molecular weight excluding hydrogens is 400 g/mol. The normalized spacial score (nSPS) is 24.7. The molecule has 1 aliphatic heterocycles. The smallest absolute Gasteiger partial charge is 0.411 e. The summed E-state index contributed by atoms with van der Waals surface area (Å²) in [7, 11) is 0. The molecule has 1 saturated carbocycles. The Hall–Kier alpha value is -1.83. The number of hydrogen-bond acceptors (Lipinski definition) is 5. The Morgan fingerprint density at radius 2 is 1.61 bits per heavy atom. The number of aliphatic hydroxyl groups excluding tert-OH is 1. The van der Waals surface area contributed by atoms with Crippen LogP contribution in [0.4, 0.5) is 4.79 Å².